The van der Waals surface area contributed by atoms with E-state index in [4.69, 9.17) is 5.73 Å². The molecule has 0 aliphatic heterocycles. The van der Waals surface area contributed by atoms with Gasteiger partial charge in [0.05, 0.1) is 0 Å². The Balaban J connectivity index is 4.09. The molecule has 2 atom stereocenters. The summed E-state index contributed by atoms with van der Waals surface area (Å²) in [7, 11) is 1.89. The molecule has 0 fully saturated rings. The van der Waals surface area contributed by atoms with Crippen LogP contribution in [0.5, 0.6) is 0 Å². The monoisotopic (exact) mass is 228 g/mol. The van der Waals surface area contributed by atoms with Crippen LogP contribution in [0.3, 0.4) is 0 Å². The van der Waals surface area contributed by atoms with Gasteiger partial charge >= 0.3 is 0 Å². The summed E-state index contributed by atoms with van der Waals surface area (Å²) in [6.07, 6.45) is 2.42. The van der Waals surface area contributed by atoms with Crippen molar-refractivity contribution in [3.8, 4) is 0 Å². The zero-order valence-corrected chi connectivity index (χ0v) is 11.7. The summed E-state index contributed by atoms with van der Waals surface area (Å²) in [6, 6.07) is 0.452. The number of hydrogen-bond donors (Lipinski definition) is 1. The highest BCUT2D eigenvalue weighted by Crippen LogP contribution is 2.23. The third-order valence-electron chi connectivity index (χ3n) is 3.28. The Hall–Kier alpha value is -0.570. The van der Waals surface area contributed by atoms with Gasteiger partial charge < -0.3 is 10.6 Å². The van der Waals surface area contributed by atoms with Gasteiger partial charge in [-0.1, -0.05) is 20.8 Å². The van der Waals surface area contributed by atoms with Gasteiger partial charge in [-0.25, -0.2) is 0 Å². The molecule has 0 spiro atoms. The summed E-state index contributed by atoms with van der Waals surface area (Å²) in [5.74, 6) is 0.225. The number of amides is 1. The predicted octanol–water partition coefficient (Wildman–Crippen LogP) is 2.40. The zero-order valence-electron chi connectivity index (χ0n) is 11.7. The van der Waals surface area contributed by atoms with Crippen molar-refractivity contribution >= 4 is 5.91 Å². The van der Waals surface area contributed by atoms with E-state index in [-0.39, 0.29) is 23.4 Å². The molecule has 0 aliphatic carbocycles. The Kier molecular flexibility index (Phi) is 6.01. The van der Waals surface area contributed by atoms with E-state index in [1.54, 1.807) is 0 Å². The molecule has 0 aliphatic rings. The molecule has 3 heteroatoms. The molecule has 0 aromatic heterocycles. The molecule has 0 aromatic rings. The predicted molar refractivity (Wildman–Crippen MR) is 69.2 cm³/mol. The van der Waals surface area contributed by atoms with Gasteiger partial charge in [-0.2, -0.15) is 0 Å². The number of rotatable bonds is 5. The molecule has 1 amide bonds. The Labute approximate surface area is 100 Å². The lowest BCUT2D eigenvalue weighted by Crippen LogP contribution is -2.42. The van der Waals surface area contributed by atoms with Gasteiger partial charge in [0.15, 0.2) is 0 Å². The van der Waals surface area contributed by atoms with Crippen LogP contribution in [-0.4, -0.2) is 29.9 Å². The van der Waals surface area contributed by atoms with Crippen LogP contribution in [-0.2, 0) is 4.79 Å². The lowest BCUT2D eigenvalue weighted by atomic mass is 9.87. The SMILES string of the molecule is CC(N)CCCC(=O)N(C)C(C)C(C)(C)C. The van der Waals surface area contributed by atoms with Crippen LogP contribution in [0.2, 0.25) is 0 Å². The summed E-state index contributed by atoms with van der Waals surface area (Å²) in [6.45, 7) is 10.5. The van der Waals surface area contributed by atoms with Gasteiger partial charge in [0, 0.05) is 25.6 Å². The first kappa shape index (κ1) is 15.4. The molecule has 96 valence electrons. The smallest absolute Gasteiger partial charge is 0.222 e. The summed E-state index contributed by atoms with van der Waals surface area (Å²) in [5, 5.41) is 0. The van der Waals surface area contributed by atoms with E-state index >= 15 is 0 Å². The highest BCUT2D eigenvalue weighted by atomic mass is 16.2. The first-order valence-corrected chi connectivity index (χ1v) is 6.17. The van der Waals surface area contributed by atoms with Crippen LogP contribution < -0.4 is 5.73 Å². The minimum atomic E-state index is 0.131. The van der Waals surface area contributed by atoms with Crippen LogP contribution in [0.4, 0.5) is 0 Å². The summed E-state index contributed by atoms with van der Waals surface area (Å²) >= 11 is 0. The third-order valence-corrected chi connectivity index (χ3v) is 3.28. The largest absolute Gasteiger partial charge is 0.343 e. The molecular formula is C13H28N2O. The molecular weight excluding hydrogens is 200 g/mol. The Morgan fingerprint density at radius 1 is 1.31 bits per heavy atom. The fraction of sp³-hybridized carbons (Fsp3) is 0.923. The van der Waals surface area contributed by atoms with Gasteiger partial charge in [0.1, 0.15) is 0 Å². The van der Waals surface area contributed by atoms with E-state index in [9.17, 15) is 4.79 Å². The Morgan fingerprint density at radius 2 is 1.81 bits per heavy atom. The molecule has 0 radical (unpaired) electrons. The third kappa shape index (κ3) is 5.50. The first-order chi connectivity index (χ1) is 7.16. The fourth-order valence-corrected chi connectivity index (χ4v) is 1.55. The minimum absolute atomic E-state index is 0.131. The number of nitrogens with two attached hydrogens (primary N) is 1. The lowest BCUT2D eigenvalue weighted by Gasteiger charge is -2.35. The zero-order chi connectivity index (χ0) is 12.9. The second-order valence-electron chi connectivity index (χ2n) is 5.92. The van der Waals surface area contributed by atoms with E-state index in [2.05, 4.69) is 27.7 Å². The van der Waals surface area contributed by atoms with Crippen molar-refractivity contribution < 1.29 is 4.79 Å². The van der Waals surface area contributed by atoms with Crippen molar-refractivity contribution in [2.24, 2.45) is 11.1 Å². The van der Waals surface area contributed by atoms with Crippen LogP contribution in [0.15, 0.2) is 0 Å². The van der Waals surface area contributed by atoms with Gasteiger partial charge in [0.25, 0.3) is 0 Å². The standard InChI is InChI=1S/C13H28N2O/c1-10(14)8-7-9-12(16)15(6)11(2)13(3,4)5/h10-11H,7-9,14H2,1-6H3. The van der Waals surface area contributed by atoms with Gasteiger partial charge in [-0.3, -0.25) is 4.79 Å². The lowest BCUT2D eigenvalue weighted by molar-refractivity contribution is -0.133. The molecule has 3 nitrogen and oxygen atoms in total. The van der Waals surface area contributed by atoms with E-state index in [0.717, 1.165) is 12.8 Å². The molecule has 2 unspecified atom stereocenters. The molecule has 0 saturated carbocycles. The molecule has 0 rings (SSSR count). The first-order valence-electron chi connectivity index (χ1n) is 6.17. The van der Waals surface area contributed by atoms with Gasteiger partial charge in [-0.15, -0.1) is 0 Å². The minimum Gasteiger partial charge on any atom is -0.343 e. The molecule has 0 bridgehead atoms. The van der Waals surface area contributed by atoms with Crippen molar-refractivity contribution in [2.45, 2.75) is 66.0 Å². The maximum atomic E-state index is 11.9. The van der Waals surface area contributed by atoms with E-state index in [1.165, 1.54) is 0 Å². The second kappa shape index (κ2) is 6.24. The van der Waals surface area contributed by atoms with Crippen molar-refractivity contribution in [3.63, 3.8) is 0 Å². The summed E-state index contributed by atoms with van der Waals surface area (Å²) in [5.41, 5.74) is 5.79. The molecule has 2 N–H and O–H groups in total. The van der Waals surface area contributed by atoms with Crippen molar-refractivity contribution in [3.05, 3.63) is 0 Å². The van der Waals surface area contributed by atoms with Crippen molar-refractivity contribution in [2.75, 3.05) is 7.05 Å². The maximum absolute atomic E-state index is 11.9. The highest BCUT2D eigenvalue weighted by molar-refractivity contribution is 5.76. The van der Waals surface area contributed by atoms with Crippen molar-refractivity contribution in [1.29, 1.82) is 0 Å². The highest BCUT2D eigenvalue weighted by Gasteiger charge is 2.26. The summed E-state index contributed by atoms with van der Waals surface area (Å²) in [4.78, 5) is 13.8. The topological polar surface area (TPSA) is 46.3 Å². The molecule has 0 aromatic carbocycles. The quantitative estimate of drug-likeness (QED) is 0.785. The normalized spacial score (nSPS) is 15.7. The molecule has 16 heavy (non-hydrogen) atoms. The van der Waals surface area contributed by atoms with E-state index in [1.807, 2.05) is 18.9 Å². The number of hydrogen-bond acceptors (Lipinski definition) is 2. The van der Waals surface area contributed by atoms with Crippen LogP contribution in [0.1, 0.15) is 53.9 Å². The average Bonchev–Trinajstić information content (AvgIpc) is 2.13. The number of nitrogens with zero attached hydrogens (tertiary/aromatic N) is 1. The van der Waals surface area contributed by atoms with Gasteiger partial charge in [-0.05, 0) is 32.1 Å². The molecule has 0 heterocycles. The van der Waals surface area contributed by atoms with Crippen molar-refractivity contribution in [1.82, 2.24) is 4.90 Å². The van der Waals surface area contributed by atoms with Crippen LogP contribution in [0.25, 0.3) is 0 Å². The molecule has 0 saturated heterocycles. The fourth-order valence-electron chi connectivity index (χ4n) is 1.55. The van der Waals surface area contributed by atoms with E-state index < -0.39 is 0 Å². The Bertz CT molecular complexity index is 218. The van der Waals surface area contributed by atoms with Crippen LogP contribution in [0, 0.1) is 5.41 Å². The second-order valence-corrected chi connectivity index (χ2v) is 5.92. The number of carbonyl (C=O) groups excluding carboxylic acids is 1. The van der Waals surface area contributed by atoms with E-state index in [0.29, 0.717) is 6.42 Å². The maximum Gasteiger partial charge on any atom is 0.222 e. The van der Waals surface area contributed by atoms with Crippen LogP contribution >= 0.6 is 0 Å². The average molecular weight is 228 g/mol. The number of carbonyl (C=O) groups is 1. The van der Waals surface area contributed by atoms with Gasteiger partial charge in [0.2, 0.25) is 5.91 Å². The summed E-state index contributed by atoms with van der Waals surface area (Å²) < 4.78 is 0. The Morgan fingerprint density at radius 3 is 2.19 bits per heavy atom.